The normalized spacial score (nSPS) is 14.3. The van der Waals surface area contributed by atoms with Crippen LogP contribution < -0.4 is 16.0 Å². The highest BCUT2D eigenvalue weighted by Crippen LogP contribution is 2.28. The predicted molar refractivity (Wildman–Crippen MR) is 332 cm³/mol. The quantitative estimate of drug-likeness (QED) is 0.0310. The average Bonchev–Trinajstić information content (AvgIpc) is 2.40. The van der Waals surface area contributed by atoms with Crippen molar-refractivity contribution in [3.63, 3.8) is 0 Å². The van der Waals surface area contributed by atoms with Crippen molar-refractivity contribution in [1.29, 1.82) is 0 Å². The number of aromatic carboxylic acids is 2. The monoisotopic (exact) mass is 1280 g/mol. The average molecular weight is 1280 g/mol. The number of carboxylic acids is 2. The van der Waals surface area contributed by atoms with Crippen molar-refractivity contribution in [2.75, 3.05) is 33.7 Å². The van der Waals surface area contributed by atoms with Crippen molar-refractivity contribution in [1.82, 2.24) is 40.4 Å². The Kier molecular flexibility index (Phi) is 23.7. The molecule has 12 amide bonds. The number of furan rings is 2. The van der Waals surface area contributed by atoms with Gasteiger partial charge in [-0.05, 0) is 70.8 Å². The minimum absolute atomic E-state index is 0.117. The van der Waals surface area contributed by atoms with Gasteiger partial charge in [-0.1, -0.05) is 162 Å². The van der Waals surface area contributed by atoms with Crippen LogP contribution in [0.5, 0.6) is 0 Å². The van der Waals surface area contributed by atoms with Crippen molar-refractivity contribution >= 4 is 88.0 Å². The Balaban J connectivity index is 0.000000165. The number of carbonyl (C=O) groups is 11. The molecule has 6 heterocycles. The Morgan fingerprint density at radius 2 is 0.956 bits per heavy atom. The maximum Gasteiger partial charge on any atom is 0.335 e. The molecule has 5 N–H and O–H groups in total. The Morgan fingerprint density at radius 1 is 0.511 bits per heavy atom. The molecule has 12 rings (SSSR count). The Bertz CT molecular complexity index is 3850. The smallest absolute Gasteiger partial charge is 0.335 e. The molecule has 6 aromatic carbocycles. The summed E-state index contributed by atoms with van der Waals surface area (Å²) in [7, 11) is 3.18. The largest absolute Gasteiger partial charge is 0.478 e. The summed E-state index contributed by atoms with van der Waals surface area (Å²) in [6.45, 7) is 1.34. The Labute approximate surface area is 523 Å². The number of hydrogen-bond donors (Lipinski definition) is 5. The van der Waals surface area contributed by atoms with E-state index < -0.39 is 29.9 Å². The highest BCUT2D eigenvalue weighted by atomic mass is 79.9. The first kappa shape index (κ1) is 66.0. The molecule has 0 atom stereocenters. The van der Waals surface area contributed by atoms with Gasteiger partial charge in [-0.25, -0.2) is 28.8 Å². The zero-order valence-electron chi connectivity index (χ0n) is 48.4. The van der Waals surface area contributed by atoms with Gasteiger partial charge in [-0.2, -0.15) is 0 Å². The fraction of sp³-hybridized carbons (Fsp3) is 0.136. The minimum Gasteiger partial charge on any atom is -0.478 e. The third-order valence-corrected chi connectivity index (χ3v) is 13.9. The Morgan fingerprint density at radius 3 is 1.31 bits per heavy atom. The van der Waals surface area contributed by atoms with Gasteiger partial charge in [-0.3, -0.25) is 48.9 Å². The molecular formula is C66H59BrN8O15. The lowest BCUT2D eigenvalue weighted by molar-refractivity contribution is -0.126. The Hall–Kier alpha value is -11.5. The van der Waals surface area contributed by atoms with Crippen molar-refractivity contribution in [2.45, 2.75) is 25.0 Å². The SMILES string of the molecule is BrCc1ccccc1.CN1C(=O)N(Cc2ccccc2)C(=O)/C1=C/c1ccc(-c2ccc(C(=O)O)cc2)o1.CN1CC(=O)N(Cc2ccccc2)C1=O.O=C1CNC(=O)N1.O=C1CNC(=O)N1Cc1ccccc1.O=Cc1ccc(-c2ccc(C(=O)O)cc2)o1. The number of alkyl halides is 1. The topological polar surface area (TPSA) is 307 Å². The van der Waals surface area contributed by atoms with E-state index in [1.165, 1.54) is 60.4 Å². The second-order valence-corrected chi connectivity index (χ2v) is 20.2. The van der Waals surface area contributed by atoms with E-state index in [4.69, 9.17) is 19.0 Å². The third kappa shape index (κ3) is 18.7. The van der Waals surface area contributed by atoms with E-state index in [9.17, 15) is 52.7 Å². The molecular weight excluding hydrogens is 1220 g/mol. The lowest BCUT2D eigenvalue weighted by atomic mass is 10.1. The summed E-state index contributed by atoms with van der Waals surface area (Å²) in [5, 5.41) is 25.4. The van der Waals surface area contributed by atoms with Crippen LogP contribution in [0.4, 0.5) is 19.2 Å². The van der Waals surface area contributed by atoms with Gasteiger partial charge < -0.3 is 34.6 Å². The fourth-order valence-corrected chi connectivity index (χ4v) is 8.85. The first-order chi connectivity index (χ1) is 43.3. The van der Waals surface area contributed by atoms with Crippen molar-refractivity contribution in [3.8, 4) is 22.6 Å². The maximum atomic E-state index is 12.8. The zero-order chi connectivity index (χ0) is 64.7. The number of nitrogens with one attached hydrogen (secondary N) is 3. The first-order valence-corrected chi connectivity index (χ1v) is 28.5. The second kappa shape index (κ2) is 32.3. The van der Waals surface area contributed by atoms with Crippen LogP contribution in [-0.4, -0.2) is 134 Å². The molecule has 4 saturated heterocycles. The molecule has 23 nitrogen and oxygen atoms in total. The molecule has 0 unspecified atom stereocenters. The van der Waals surface area contributed by atoms with E-state index in [0.29, 0.717) is 42.2 Å². The van der Waals surface area contributed by atoms with Crippen LogP contribution in [0.1, 0.15) is 59.3 Å². The van der Waals surface area contributed by atoms with Gasteiger partial charge in [0.25, 0.3) is 11.8 Å². The van der Waals surface area contributed by atoms with Crippen molar-refractivity contribution in [3.05, 3.63) is 245 Å². The molecule has 4 fully saturated rings. The fourth-order valence-electron chi connectivity index (χ4n) is 8.48. The number of aldehydes is 1. The highest BCUT2D eigenvalue weighted by Gasteiger charge is 2.39. The number of hydrogen-bond acceptors (Lipinski definition) is 13. The van der Waals surface area contributed by atoms with Crippen LogP contribution in [0.2, 0.25) is 0 Å². The van der Waals surface area contributed by atoms with Gasteiger partial charge in [0.15, 0.2) is 12.0 Å². The van der Waals surface area contributed by atoms with Gasteiger partial charge in [0.2, 0.25) is 11.8 Å². The van der Waals surface area contributed by atoms with Crippen LogP contribution >= 0.6 is 15.9 Å². The van der Waals surface area contributed by atoms with Gasteiger partial charge in [-0.15, -0.1) is 0 Å². The molecule has 2 aromatic heterocycles. The van der Waals surface area contributed by atoms with Gasteiger partial charge in [0, 0.05) is 36.6 Å². The van der Waals surface area contributed by atoms with Gasteiger partial charge in [0.1, 0.15) is 29.5 Å². The number of imide groups is 4. The molecule has 90 heavy (non-hydrogen) atoms. The number of nitrogens with zero attached hydrogens (tertiary/aromatic N) is 5. The number of halogens is 1. The first-order valence-electron chi connectivity index (χ1n) is 27.4. The van der Waals surface area contributed by atoms with E-state index in [0.717, 1.165) is 27.6 Å². The number of carboxylic acid groups (broad SMARTS) is 2. The van der Waals surface area contributed by atoms with Crippen molar-refractivity contribution < 1.29 is 71.8 Å². The van der Waals surface area contributed by atoms with E-state index in [2.05, 4.69) is 38.7 Å². The minimum atomic E-state index is -1.00. The molecule has 460 valence electrons. The standard InChI is InChI=1S/C23H18N2O5.C12H8O4.C11H12N2O2.C10H10N2O2.C7H7Br.C3H4N2O2/c1-24-19(21(26)25(23(24)29)14-15-5-3-2-4-6-15)13-18-11-12-20(30-18)16-7-9-17(10-8-16)22(27)28;13-7-10-5-6-11(16-10)8-1-3-9(4-2-8)12(14)15;1-12-8-10(14)13(11(12)15)7-9-5-3-2-4-6-9;13-9-6-11-10(14)12(9)7-8-4-2-1-3-5-8;8-6-7-4-2-1-3-5-7;6-2-1-4-3(7)5-2/h2-13H,14H2,1H3,(H,27,28);1-7H,(H,14,15);2-6H,7-8H2,1H3;1-5H,6-7H2,(H,11,14);1-5H,6H2;1H2,(H2,4,5,6,7)/b19-13-;;;;;. The van der Waals surface area contributed by atoms with Crippen LogP contribution in [0.3, 0.4) is 0 Å². The van der Waals surface area contributed by atoms with Gasteiger partial charge >= 0.3 is 36.1 Å². The molecule has 4 aliphatic rings. The summed E-state index contributed by atoms with van der Waals surface area (Å²) in [6.07, 6.45) is 2.15. The number of urea groups is 4. The number of carbonyl (C=O) groups excluding carboxylic acids is 9. The zero-order valence-corrected chi connectivity index (χ0v) is 50.0. The van der Waals surface area contributed by atoms with E-state index in [1.54, 1.807) is 62.6 Å². The summed E-state index contributed by atoms with van der Waals surface area (Å²) in [5.74, 6) is -1.20. The molecule has 0 radical (unpaired) electrons. The molecule has 4 aliphatic heterocycles. The second-order valence-electron chi connectivity index (χ2n) is 19.6. The van der Waals surface area contributed by atoms with Crippen LogP contribution in [0, 0.1) is 0 Å². The number of benzene rings is 6. The maximum absolute atomic E-state index is 12.8. The summed E-state index contributed by atoms with van der Waals surface area (Å²) < 4.78 is 11.0. The molecule has 8 aromatic rings. The van der Waals surface area contributed by atoms with E-state index in [-0.39, 0.29) is 78.5 Å². The lowest BCUT2D eigenvalue weighted by Crippen LogP contribution is -2.30. The summed E-state index contributed by atoms with van der Waals surface area (Å²) in [5.41, 5.74) is 6.17. The van der Waals surface area contributed by atoms with E-state index in [1.807, 2.05) is 115 Å². The van der Waals surface area contributed by atoms with Crippen LogP contribution in [0.25, 0.3) is 28.7 Å². The number of likely N-dealkylation sites (N-methyl/N-ethyl adjacent to an activating group) is 2. The van der Waals surface area contributed by atoms with Gasteiger partial charge in [0.05, 0.1) is 43.9 Å². The van der Waals surface area contributed by atoms with Crippen LogP contribution in [-0.2, 0) is 44.1 Å². The van der Waals surface area contributed by atoms with Crippen LogP contribution in [0.15, 0.2) is 209 Å². The molecule has 0 saturated carbocycles. The molecule has 0 spiro atoms. The predicted octanol–water partition coefficient (Wildman–Crippen LogP) is 9.76. The molecule has 24 heteroatoms. The van der Waals surface area contributed by atoms with E-state index >= 15 is 0 Å². The molecule has 0 aliphatic carbocycles. The summed E-state index contributed by atoms with van der Waals surface area (Å²) in [4.78, 5) is 129. The number of rotatable bonds is 13. The molecule has 0 bridgehead atoms. The third-order valence-electron chi connectivity index (χ3n) is 13.2. The summed E-state index contributed by atoms with van der Waals surface area (Å²) in [6, 6.07) is 56.4. The lowest BCUT2D eigenvalue weighted by Gasteiger charge is -2.13. The van der Waals surface area contributed by atoms with Crippen molar-refractivity contribution in [2.24, 2.45) is 0 Å². The summed E-state index contributed by atoms with van der Waals surface area (Å²) >= 11 is 3.36. The number of amides is 12. The highest BCUT2D eigenvalue weighted by molar-refractivity contribution is 9.08.